The Labute approximate surface area is 62.6 Å². The molecule has 0 heterocycles. The molecule has 1 unspecified atom stereocenters. The SMILES string of the molecule is COC(C)(C(C)=O)C(C)C. The van der Waals surface area contributed by atoms with Crippen molar-refractivity contribution in [3.05, 3.63) is 0 Å². The molecule has 0 aliphatic rings. The molecule has 0 aromatic carbocycles. The maximum Gasteiger partial charge on any atom is 0.161 e. The van der Waals surface area contributed by atoms with Crippen LogP contribution in [-0.4, -0.2) is 18.5 Å². The Hall–Kier alpha value is -0.370. The minimum Gasteiger partial charge on any atom is -0.370 e. The van der Waals surface area contributed by atoms with E-state index in [2.05, 4.69) is 0 Å². The minimum absolute atomic E-state index is 0.0880. The Morgan fingerprint density at radius 3 is 1.90 bits per heavy atom. The first-order chi connectivity index (χ1) is 4.45. The zero-order chi connectivity index (χ0) is 8.36. The van der Waals surface area contributed by atoms with E-state index < -0.39 is 5.60 Å². The number of carbonyl (C=O) groups excluding carboxylic acids is 1. The van der Waals surface area contributed by atoms with Crippen LogP contribution in [0.3, 0.4) is 0 Å². The van der Waals surface area contributed by atoms with Gasteiger partial charge in [-0.2, -0.15) is 0 Å². The molecule has 0 saturated heterocycles. The van der Waals surface area contributed by atoms with Gasteiger partial charge in [0.15, 0.2) is 5.78 Å². The molecule has 0 saturated carbocycles. The highest BCUT2D eigenvalue weighted by Crippen LogP contribution is 2.20. The van der Waals surface area contributed by atoms with Crippen LogP contribution >= 0.6 is 0 Å². The van der Waals surface area contributed by atoms with Gasteiger partial charge in [-0.1, -0.05) is 13.8 Å². The van der Waals surface area contributed by atoms with E-state index in [1.165, 1.54) is 0 Å². The van der Waals surface area contributed by atoms with Crippen molar-refractivity contribution in [1.82, 2.24) is 0 Å². The maximum atomic E-state index is 11.0. The lowest BCUT2D eigenvalue weighted by atomic mass is 9.89. The number of Topliss-reactive ketones (excluding diaryl/α,β-unsaturated/α-hetero) is 1. The highest BCUT2D eigenvalue weighted by atomic mass is 16.5. The number of ether oxygens (including phenoxy) is 1. The zero-order valence-electron chi connectivity index (χ0n) is 7.39. The lowest BCUT2D eigenvalue weighted by Gasteiger charge is -2.28. The van der Waals surface area contributed by atoms with E-state index in [4.69, 9.17) is 4.74 Å². The van der Waals surface area contributed by atoms with Gasteiger partial charge >= 0.3 is 0 Å². The molecular weight excluding hydrogens is 128 g/mol. The summed E-state index contributed by atoms with van der Waals surface area (Å²) in [6.45, 7) is 7.33. The summed E-state index contributed by atoms with van der Waals surface area (Å²) >= 11 is 0. The van der Waals surface area contributed by atoms with Crippen molar-refractivity contribution < 1.29 is 9.53 Å². The summed E-state index contributed by atoms with van der Waals surface area (Å²) in [6, 6.07) is 0. The molecule has 0 aromatic heterocycles. The monoisotopic (exact) mass is 144 g/mol. The van der Waals surface area contributed by atoms with Crippen molar-refractivity contribution in [2.24, 2.45) is 5.92 Å². The van der Waals surface area contributed by atoms with E-state index >= 15 is 0 Å². The van der Waals surface area contributed by atoms with Gasteiger partial charge in [0.25, 0.3) is 0 Å². The molecule has 2 nitrogen and oxygen atoms in total. The van der Waals surface area contributed by atoms with Crippen molar-refractivity contribution in [3.63, 3.8) is 0 Å². The molecule has 0 spiro atoms. The normalized spacial score (nSPS) is 17.0. The molecule has 0 radical (unpaired) electrons. The van der Waals surface area contributed by atoms with Crippen LogP contribution < -0.4 is 0 Å². The molecule has 60 valence electrons. The van der Waals surface area contributed by atoms with Crippen molar-refractivity contribution in [3.8, 4) is 0 Å². The van der Waals surface area contributed by atoms with Crippen molar-refractivity contribution in [2.75, 3.05) is 7.11 Å². The summed E-state index contributed by atoms with van der Waals surface area (Å²) in [5.41, 5.74) is -0.597. The number of rotatable bonds is 3. The van der Waals surface area contributed by atoms with E-state index in [9.17, 15) is 4.79 Å². The minimum atomic E-state index is -0.597. The summed E-state index contributed by atoms with van der Waals surface area (Å²) in [5.74, 6) is 0.319. The van der Waals surface area contributed by atoms with Crippen LogP contribution in [0.5, 0.6) is 0 Å². The molecule has 10 heavy (non-hydrogen) atoms. The molecule has 0 aliphatic carbocycles. The molecule has 1 atom stereocenters. The van der Waals surface area contributed by atoms with Gasteiger partial charge in [-0.15, -0.1) is 0 Å². The van der Waals surface area contributed by atoms with Gasteiger partial charge in [0.1, 0.15) is 5.60 Å². The zero-order valence-corrected chi connectivity index (χ0v) is 7.39. The highest BCUT2D eigenvalue weighted by Gasteiger charge is 2.32. The van der Waals surface area contributed by atoms with Gasteiger partial charge in [-0.05, 0) is 19.8 Å². The molecule has 0 N–H and O–H groups in total. The van der Waals surface area contributed by atoms with Crippen LogP contribution in [0.1, 0.15) is 27.7 Å². The predicted octanol–water partition coefficient (Wildman–Crippen LogP) is 1.64. The van der Waals surface area contributed by atoms with E-state index in [1.54, 1.807) is 14.0 Å². The van der Waals surface area contributed by atoms with Gasteiger partial charge in [0.2, 0.25) is 0 Å². The van der Waals surface area contributed by atoms with Crippen LogP contribution in [0.4, 0.5) is 0 Å². The Morgan fingerprint density at radius 1 is 1.50 bits per heavy atom. The maximum absolute atomic E-state index is 11.0. The number of hydrogen-bond acceptors (Lipinski definition) is 2. The average molecular weight is 144 g/mol. The van der Waals surface area contributed by atoms with Gasteiger partial charge < -0.3 is 4.74 Å². The van der Waals surface area contributed by atoms with Gasteiger partial charge in [-0.3, -0.25) is 4.79 Å². The van der Waals surface area contributed by atoms with E-state index in [0.29, 0.717) is 0 Å². The van der Waals surface area contributed by atoms with E-state index in [1.807, 2.05) is 20.8 Å². The third-order valence-electron chi connectivity index (χ3n) is 2.22. The summed E-state index contributed by atoms with van der Waals surface area (Å²) in [7, 11) is 1.57. The molecule has 0 aliphatic heterocycles. The standard InChI is InChI=1S/C8H16O2/c1-6(2)8(4,10-5)7(3)9/h6H,1-5H3. The third kappa shape index (κ3) is 1.57. The second-order valence-corrected chi connectivity index (χ2v) is 3.02. The van der Waals surface area contributed by atoms with Crippen molar-refractivity contribution >= 4 is 5.78 Å². The summed E-state index contributed by atoms with van der Waals surface area (Å²) in [5, 5.41) is 0. The fourth-order valence-electron chi connectivity index (χ4n) is 0.786. The molecule has 2 heteroatoms. The van der Waals surface area contributed by atoms with Gasteiger partial charge in [0.05, 0.1) is 0 Å². The molecule has 0 fully saturated rings. The third-order valence-corrected chi connectivity index (χ3v) is 2.22. The van der Waals surface area contributed by atoms with E-state index in [0.717, 1.165) is 0 Å². The number of ketones is 1. The van der Waals surface area contributed by atoms with Crippen molar-refractivity contribution in [2.45, 2.75) is 33.3 Å². The number of methoxy groups -OCH3 is 1. The molecule has 0 rings (SSSR count). The first kappa shape index (κ1) is 9.63. The second kappa shape index (κ2) is 3.15. The largest absolute Gasteiger partial charge is 0.370 e. The van der Waals surface area contributed by atoms with Crippen LogP contribution in [0, 0.1) is 5.92 Å². The quantitative estimate of drug-likeness (QED) is 0.602. The molecular formula is C8H16O2. The first-order valence-electron chi connectivity index (χ1n) is 3.51. The predicted molar refractivity (Wildman–Crippen MR) is 40.9 cm³/mol. The average Bonchev–Trinajstić information content (AvgIpc) is 1.85. The summed E-state index contributed by atoms with van der Waals surface area (Å²) in [4.78, 5) is 11.0. The lowest BCUT2D eigenvalue weighted by Crippen LogP contribution is -2.40. The summed E-state index contributed by atoms with van der Waals surface area (Å²) in [6.07, 6.45) is 0. The van der Waals surface area contributed by atoms with Crippen LogP contribution in [-0.2, 0) is 9.53 Å². The summed E-state index contributed by atoms with van der Waals surface area (Å²) < 4.78 is 5.11. The first-order valence-corrected chi connectivity index (χ1v) is 3.51. The Morgan fingerprint density at radius 2 is 1.90 bits per heavy atom. The lowest BCUT2D eigenvalue weighted by molar-refractivity contribution is -0.141. The molecule has 0 amide bonds. The van der Waals surface area contributed by atoms with Gasteiger partial charge in [0, 0.05) is 7.11 Å². The van der Waals surface area contributed by atoms with Crippen LogP contribution in [0.2, 0.25) is 0 Å². The Bertz CT molecular complexity index is 129. The number of hydrogen-bond donors (Lipinski definition) is 0. The number of carbonyl (C=O) groups is 1. The highest BCUT2D eigenvalue weighted by molar-refractivity contribution is 5.84. The smallest absolute Gasteiger partial charge is 0.161 e. The van der Waals surface area contributed by atoms with E-state index in [-0.39, 0.29) is 11.7 Å². The topological polar surface area (TPSA) is 26.3 Å². The van der Waals surface area contributed by atoms with Crippen LogP contribution in [0.25, 0.3) is 0 Å². The molecule has 0 aromatic rings. The fourth-order valence-corrected chi connectivity index (χ4v) is 0.786. The Balaban J connectivity index is 4.38. The fraction of sp³-hybridized carbons (Fsp3) is 0.875. The molecule has 0 bridgehead atoms. The Kier molecular flexibility index (Phi) is 3.03. The van der Waals surface area contributed by atoms with Crippen LogP contribution in [0.15, 0.2) is 0 Å². The van der Waals surface area contributed by atoms with Gasteiger partial charge in [-0.25, -0.2) is 0 Å². The second-order valence-electron chi connectivity index (χ2n) is 3.02. The van der Waals surface area contributed by atoms with Crippen molar-refractivity contribution in [1.29, 1.82) is 0 Å².